The second-order valence-electron chi connectivity index (χ2n) is 3.37. The molecule has 78 valence electrons. The first-order chi connectivity index (χ1) is 6.83. The van der Waals surface area contributed by atoms with E-state index in [2.05, 4.69) is 43.4 Å². The molecule has 0 spiro atoms. The van der Waals surface area contributed by atoms with Gasteiger partial charge in [-0.2, -0.15) is 0 Å². The molecule has 0 aromatic heterocycles. The molecule has 0 heterocycles. The van der Waals surface area contributed by atoms with Gasteiger partial charge in [0.25, 0.3) is 0 Å². The molecule has 1 nitrogen and oxygen atoms in total. The van der Waals surface area contributed by atoms with E-state index in [9.17, 15) is 0 Å². The molecule has 1 aromatic carbocycles. The van der Waals surface area contributed by atoms with Gasteiger partial charge < -0.3 is 5.32 Å². The maximum atomic E-state index is 3.33. The molecule has 0 saturated heterocycles. The van der Waals surface area contributed by atoms with Crippen LogP contribution >= 0.6 is 11.8 Å². The van der Waals surface area contributed by atoms with E-state index in [0.717, 1.165) is 13.1 Å². The summed E-state index contributed by atoms with van der Waals surface area (Å²) in [7, 11) is 0. The summed E-state index contributed by atoms with van der Waals surface area (Å²) in [5.74, 6) is 1.20. The van der Waals surface area contributed by atoms with Gasteiger partial charge in [0.15, 0.2) is 0 Å². The maximum Gasteiger partial charge on any atom is 0.00721 e. The van der Waals surface area contributed by atoms with Crippen molar-refractivity contribution >= 4 is 11.8 Å². The summed E-state index contributed by atoms with van der Waals surface area (Å²) < 4.78 is 0. The highest BCUT2D eigenvalue weighted by atomic mass is 32.2. The Kier molecular flexibility index (Phi) is 5.72. The van der Waals surface area contributed by atoms with Crippen molar-refractivity contribution in [3.05, 3.63) is 29.8 Å². The predicted molar refractivity (Wildman–Crippen MR) is 65.1 cm³/mol. The molecule has 0 bridgehead atoms. The second-order valence-corrected chi connectivity index (χ2v) is 4.54. The topological polar surface area (TPSA) is 12.0 Å². The third-order valence-corrected chi connectivity index (χ3v) is 3.14. The number of benzene rings is 1. The Hall–Kier alpha value is -0.470. The lowest BCUT2D eigenvalue weighted by atomic mass is 10.2. The molecule has 0 radical (unpaired) electrons. The Labute approximate surface area is 91.3 Å². The monoisotopic (exact) mass is 209 g/mol. The van der Waals surface area contributed by atoms with E-state index in [0.29, 0.717) is 0 Å². The second kappa shape index (κ2) is 6.91. The summed E-state index contributed by atoms with van der Waals surface area (Å²) in [6.45, 7) is 6.48. The Morgan fingerprint density at radius 1 is 1.21 bits per heavy atom. The number of hydrogen-bond donors (Lipinski definition) is 1. The van der Waals surface area contributed by atoms with Gasteiger partial charge in [0.05, 0.1) is 0 Å². The minimum Gasteiger partial charge on any atom is -0.317 e. The van der Waals surface area contributed by atoms with Crippen molar-refractivity contribution < 1.29 is 0 Å². The van der Waals surface area contributed by atoms with Gasteiger partial charge in [-0.1, -0.05) is 24.6 Å². The summed E-state index contributed by atoms with van der Waals surface area (Å²) in [6, 6.07) is 8.75. The lowest BCUT2D eigenvalue weighted by Crippen LogP contribution is -2.14. The van der Waals surface area contributed by atoms with Crippen molar-refractivity contribution in [2.45, 2.75) is 25.2 Å². The third-order valence-electron chi connectivity index (χ3n) is 2.04. The van der Waals surface area contributed by atoms with Gasteiger partial charge in [0.1, 0.15) is 0 Å². The molecule has 0 amide bonds. The Morgan fingerprint density at radius 3 is 2.57 bits per heavy atom. The highest BCUT2D eigenvalue weighted by Crippen LogP contribution is 2.18. The molecule has 1 N–H and O–H groups in total. The molecule has 0 aliphatic heterocycles. The average Bonchev–Trinajstić information content (AvgIpc) is 2.21. The molecular formula is C12H19NS. The van der Waals surface area contributed by atoms with E-state index in [4.69, 9.17) is 0 Å². The quantitative estimate of drug-likeness (QED) is 0.571. The molecule has 0 aliphatic rings. The predicted octanol–water partition coefficient (Wildman–Crippen LogP) is 3.09. The van der Waals surface area contributed by atoms with Crippen LogP contribution in [0, 0.1) is 6.92 Å². The van der Waals surface area contributed by atoms with Crippen LogP contribution in [0.15, 0.2) is 29.2 Å². The van der Waals surface area contributed by atoms with Crippen LogP contribution in [0.1, 0.15) is 18.9 Å². The van der Waals surface area contributed by atoms with E-state index in [1.54, 1.807) is 0 Å². The van der Waals surface area contributed by atoms with Crippen LogP contribution in [0.25, 0.3) is 0 Å². The fourth-order valence-corrected chi connectivity index (χ4v) is 2.05. The first-order valence-corrected chi connectivity index (χ1v) is 6.21. The Morgan fingerprint density at radius 2 is 1.93 bits per heavy atom. The zero-order valence-corrected chi connectivity index (χ0v) is 9.86. The van der Waals surface area contributed by atoms with Crippen molar-refractivity contribution in [2.75, 3.05) is 18.8 Å². The molecule has 1 aromatic rings. The fourth-order valence-electron chi connectivity index (χ4n) is 1.20. The minimum atomic E-state index is 1.08. The zero-order valence-electron chi connectivity index (χ0n) is 9.05. The van der Waals surface area contributed by atoms with Crippen LogP contribution in [0.2, 0.25) is 0 Å². The summed E-state index contributed by atoms with van der Waals surface area (Å²) in [5, 5.41) is 3.33. The fraction of sp³-hybridized carbons (Fsp3) is 0.500. The van der Waals surface area contributed by atoms with Crippen LogP contribution in [0.5, 0.6) is 0 Å². The number of aryl methyl sites for hydroxylation is 1. The molecule has 1 rings (SSSR count). The van der Waals surface area contributed by atoms with E-state index < -0.39 is 0 Å². The molecule has 0 aliphatic carbocycles. The van der Waals surface area contributed by atoms with E-state index in [1.165, 1.54) is 22.6 Å². The van der Waals surface area contributed by atoms with E-state index in [-0.39, 0.29) is 0 Å². The van der Waals surface area contributed by atoms with Gasteiger partial charge in [-0.25, -0.2) is 0 Å². The van der Waals surface area contributed by atoms with E-state index >= 15 is 0 Å². The normalized spacial score (nSPS) is 10.4. The highest BCUT2D eigenvalue weighted by molar-refractivity contribution is 7.99. The van der Waals surface area contributed by atoms with Crippen molar-refractivity contribution in [3.63, 3.8) is 0 Å². The van der Waals surface area contributed by atoms with Crippen LogP contribution in [0.4, 0.5) is 0 Å². The summed E-state index contributed by atoms with van der Waals surface area (Å²) >= 11 is 1.94. The third kappa shape index (κ3) is 4.68. The maximum absolute atomic E-state index is 3.33. The van der Waals surface area contributed by atoms with E-state index in [1.807, 2.05) is 11.8 Å². The van der Waals surface area contributed by atoms with Gasteiger partial charge >= 0.3 is 0 Å². The number of thioether (sulfide) groups is 1. The Balaban J connectivity index is 2.15. The summed E-state index contributed by atoms with van der Waals surface area (Å²) in [6.07, 6.45) is 1.24. The standard InChI is InChI=1S/C12H19NS/c1-3-13-9-4-10-14-12-7-5-11(2)6-8-12/h5-8,13H,3-4,9-10H2,1-2H3. The van der Waals surface area contributed by atoms with Crippen molar-refractivity contribution in [3.8, 4) is 0 Å². The van der Waals surface area contributed by atoms with Crippen molar-refractivity contribution in [2.24, 2.45) is 0 Å². The molecule has 14 heavy (non-hydrogen) atoms. The largest absolute Gasteiger partial charge is 0.317 e. The highest BCUT2D eigenvalue weighted by Gasteiger charge is 1.93. The van der Waals surface area contributed by atoms with Gasteiger partial charge in [-0.15, -0.1) is 11.8 Å². The first-order valence-electron chi connectivity index (χ1n) is 5.23. The molecular weight excluding hydrogens is 190 g/mol. The smallest absolute Gasteiger partial charge is 0.00721 e. The van der Waals surface area contributed by atoms with Crippen molar-refractivity contribution in [1.82, 2.24) is 5.32 Å². The molecule has 0 unspecified atom stereocenters. The minimum absolute atomic E-state index is 1.08. The number of nitrogens with one attached hydrogen (secondary N) is 1. The van der Waals surface area contributed by atoms with Gasteiger partial charge in [-0.3, -0.25) is 0 Å². The van der Waals surface area contributed by atoms with Crippen molar-refractivity contribution in [1.29, 1.82) is 0 Å². The summed E-state index contributed by atoms with van der Waals surface area (Å²) in [5.41, 5.74) is 1.34. The zero-order chi connectivity index (χ0) is 10.2. The Bertz CT molecular complexity index is 243. The van der Waals surface area contributed by atoms with Gasteiger partial charge in [0.2, 0.25) is 0 Å². The lowest BCUT2D eigenvalue weighted by Gasteiger charge is -2.02. The molecule has 2 heteroatoms. The molecule has 0 saturated carbocycles. The number of hydrogen-bond acceptors (Lipinski definition) is 2. The summed E-state index contributed by atoms with van der Waals surface area (Å²) in [4.78, 5) is 1.38. The van der Waals surface area contributed by atoms with Crippen LogP contribution < -0.4 is 5.32 Å². The van der Waals surface area contributed by atoms with Gasteiger partial charge in [-0.05, 0) is 44.3 Å². The lowest BCUT2D eigenvalue weighted by molar-refractivity contribution is 0.707. The van der Waals surface area contributed by atoms with Crippen LogP contribution in [-0.4, -0.2) is 18.8 Å². The van der Waals surface area contributed by atoms with Gasteiger partial charge in [0, 0.05) is 4.90 Å². The van der Waals surface area contributed by atoms with Crippen LogP contribution in [0.3, 0.4) is 0 Å². The molecule has 0 fully saturated rings. The average molecular weight is 209 g/mol. The number of rotatable bonds is 6. The van der Waals surface area contributed by atoms with Crippen LogP contribution in [-0.2, 0) is 0 Å². The molecule has 0 atom stereocenters. The first kappa shape index (κ1) is 11.6. The SMILES string of the molecule is CCNCCCSc1ccc(C)cc1.